The second kappa shape index (κ2) is 6.22. The molecule has 0 spiro atoms. The van der Waals surface area contributed by atoms with Crippen LogP contribution in [0.1, 0.15) is 37.0 Å². The summed E-state index contributed by atoms with van der Waals surface area (Å²) in [6.45, 7) is 9.23. The van der Waals surface area contributed by atoms with Crippen LogP contribution in [0.25, 0.3) is 0 Å². The van der Waals surface area contributed by atoms with Crippen LogP contribution >= 0.6 is 0 Å². The van der Waals surface area contributed by atoms with Crippen LogP contribution in [0, 0.1) is 0 Å². The highest BCUT2D eigenvalue weighted by Crippen LogP contribution is 2.21. The lowest BCUT2D eigenvalue weighted by Gasteiger charge is -2.35. The third-order valence-electron chi connectivity index (χ3n) is 4.35. The van der Waals surface area contributed by atoms with Crippen molar-refractivity contribution in [2.24, 2.45) is 7.05 Å². The predicted octanol–water partition coefficient (Wildman–Crippen LogP) is 1.47. The molecule has 7 heteroatoms. The van der Waals surface area contributed by atoms with E-state index in [2.05, 4.69) is 40.9 Å². The van der Waals surface area contributed by atoms with Gasteiger partial charge >= 0.3 is 0 Å². The van der Waals surface area contributed by atoms with Gasteiger partial charge in [-0.2, -0.15) is 5.10 Å². The van der Waals surface area contributed by atoms with E-state index in [0.29, 0.717) is 18.8 Å². The first-order valence-corrected chi connectivity index (χ1v) is 8.21. The zero-order chi connectivity index (χ0) is 17.3. The Morgan fingerprint density at radius 3 is 2.29 bits per heavy atom. The number of imidazole rings is 1. The standard InChI is InChI=1S/C17H24N6O/c1-17(2,3)14-5-6-15(20-19-14)22-7-9-23(10-8-22)16(24)13-11-18-12-21(13)4/h5-6,11-12H,7-10H2,1-4H3. The molecule has 0 unspecified atom stereocenters. The molecule has 0 radical (unpaired) electrons. The molecule has 2 aromatic rings. The van der Waals surface area contributed by atoms with Gasteiger partial charge in [-0.05, 0) is 12.1 Å². The van der Waals surface area contributed by atoms with Crippen LogP contribution in [-0.4, -0.2) is 56.7 Å². The third kappa shape index (κ3) is 3.25. The molecule has 1 aliphatic heterocycles. The fraction of sp³-hybridized carbons (Fsp3) is 0.529. The lowest BCUT2D eigenvalue weighted by atomic mass is 9.92. The number of hydrogen-bond donors (Lipinski definition) is 0. The first kappa shape index (κ1) is 16.4. The zero-order valence-electron chi connectivity index (χ0n) is 14.7. The average Bonchev–Trinajstić information content (AvgIpc) is 3.00. The second-order valence-corrected chi connectivity index (χ2v) is 7.20. The van der Waals surface area contributed by atoms with Crippen molar-refractivity contribution in [2.75, 3.05) is 31.1 Å². The van der Waals surface area contributed by atoms with E-state index in [-0.39, 0.29) is 11.3 Å². The van der Waals surface area contributed by atoms with E-state index >= 15 is 0 Å². The molecule has 128 valence electrons. The summed E-state index contributed by atoms with van der Waals surface area (Å²) in [5.74, 6) is 0.902. The van der Waals surface area contributed by atoms with E-state index in [1.165, 1.54) is 0 Å². The molecule has 0 N–H and O–H groups in total. The van der Waals surface area contributed by atoms with Gasteiger partial charge in [-0.3, -0.25) is 4.79 Å². The van der Waals surface area contributed by atoms with Crippen molar-refractivity contribution < 1.29 is 4.79 Å². The summed E-state index contributed by atoms with van der Waals surface area (Å²) >= 11 is 0. The number of rotatable bonds is 2. The molecule has 0 atom stereocenters. The number of carbonyl (C=O) groups is 1. The van der Waals surface area contributed by atoms with Crippen LogP contribution in [-0.2, 0) is 12.5 Å². The Labute approximate surface area is 142 Å². The Morgan fingerprint density at radius 1 is 1.08 bits per heavy atom. The van der Waals surface area contributed by atoms with Gasteiger partial charge in [0.25, 0.3) is 5.91 Å². The molecule has 1 aliphatic rings. The SMILES string of the molecule is Cn1cncc1C(=O)N1CCN(c2ccc(C(C)(C)C)nn2)CC1. The zero-order valence-corrected chi connectivity index (χ0v) is 14.7. The monoisotopic (exact) mass is 328 g/mol. The van der Waals surface area contributed by atoms with Gasteiger partial charge in [0.1, 0.15) is 5.69 Å². The van der Waals surface area contributed by atoms with Gasteiger partial charge in [0, 0.05) is 38.6 Å². The first-order chi connectivity index (χ1) is 11.4. The van der Waals surface area contributed by atoms with Gasteiger partial charge in [-0.25, -0.2) is 4.98 Å². The highest BCUT2D eigenvalue weighted by atomic mass is 16.2. The maximum absolute atomic E-state index is 12.5. The number of piperazine rings is 1. The largest absolute Gasteiger partial charge is 0.352 e. The number of aryl methyl sites for hydroxylation is 1. The summed E-state index contributed by atoms with van der Waals surface area (Å²) in [7, 11) is 1.84. The molecule has 0 aliphatic carbocycles. The Morgan fingerprint density at radius 2 is 1.79 bits per heavy atom. The van der Waals surface area contributed by atoms with Gasteiger partial charge in [0.05, 0.1) is 18.2 Å². The van der Waals surface area contributed by atoms with Crippen LogP contribution in [0.5, 0.6) is 0 Å². The van der Waals surface area contributed by atoms with Gasteiger partial charge < -0.3 is 14.4 Å². The van der Waals surface area contributed by atoms with Gasteiger partial charge in [0.15, 0.2) is 5.82 Å². The van der Waals surface area contributed by atoms with Crippen molar-refractivity contribution in [1.82, 2.24) is 24.6 Å². The minimum absolute atomic E-state index is 0.000249. The lowest BCUT2D eigenvalue weighted by Crippen LogP contribution is -2.49. The molecule has 1 fully saturated rings. The van der Waals surface area contributed by atoms with E-state index in [9.17, 15) is 4.79 Å². The second-order valence-electron chi connectivity index (χ2n) is 7.20. The number of amides is 1. The van der Waals surface area contributed by atoms with Crippen molar-refractivity contribution in [3.8, 4) is 0 Å². The molecule has 0 bridgehead atoms. The maximum Gasteiger partial charge on any atom is 0.272 e. The fourth-order valence-corrected chi connectivity index (χ4v) is 2.76. The molecular weight excluding hydrogens is 304 g/mol. The van der Waals surface area contributed by atoms with E-state index in [0.717, 1.165) is 24.6 Å². The number of aromatic nitrogens is 4. The van der Waals surface area contributed by atoms with E-state index < -0.39 is 0 Å². The van der Waals surface area contributed by atoms with Crippen molar-refractivity contribution in [3.05, 3.63) is 36.0 Å². The van der Waals surface area contributed by atoms with Crippen LogP contribution in [0.2, 0.25) is 0 Å². The van der Waals surface area contributed by atoms with Crippen LogP contribution in [0.3, 0.4) is 0 Å². The van der Waals surface area contributed by atoms with Gasteiger partial charge in [-0.15, -0.1) is 5.10 Å². The van der Waals surface area contributed by atoms with Crippen molar-refractivity contribution in [2.45, 2.75) is 26.2 Å². The van der Waals surface area contributed by atoms with E-state index in [1.54, 1.807) is 17.1 Å². The van der Waals surface area contributed by atoms with Gasteiger partial charge in [-0.1, -0.05) is 20.8 Å². The van der Waals surface area contributed by atoms with Crippen LogP contribution in [0.4, 0.5) is 5.82 Å². The minimum Gasteiger partial charge on any atom is -0.352 e. The lowest BCUT2D eigenvalue weighted by molar-refractivity contribution is 0.0737. The Kier molecular flexibility index (Phi) is 4.26. The molecule has 1 amide bonds. The molecule has 24 heavy (non-hydrogen) atoms. The Hall–Kier alpha value is -2.44. The molecule has 3 heterocycles. The maximum atomic E-state index is 12.5. The molecule has 1 saturated heterocycles. The molecule has 3 rings (SSSR count). The topological polar surface area (TPSA) is 67.2 Å². The molecule has 7 nitrogen and oxygen atoms in total. The highest BCUT2D eigenvalue weighted by molar-refractivity contribution is 5.92. The summed E-state index contributed by atoms with van der Waals surface area (Å²) in [5, 5.41) is 8.71. The Balaban J connectivity index is 1.63. The quantitative estimate of drug-likeness (QED) is 0.835. The molecule has 0 aromatic carbocycles. The first-order valence-electron chi connectivity index (χ1n) is 8.21. The highest BCUT2D eigenvalue weighted by Gasteiger charge is 2.25. The average molecular weight is 328 g/mol. The Bertz CT molecular complexity index is 707. The number of anilines is 1. The van der Waals surface area contributed by atoms with Crippen LogP contribution in [0.15, 0.2) is 24.7 Å². The smallest absolute Gasteiger partial charge is 0.272 e. The molecule has 2 aromatic heterocycles. The van der Waals surface area contributed by atoms with Crippen molar-refractivity contribution >= 4 is 11.7 Å². The summed E-state index contributed by atoms with van der Waals surface area (Å²) in [5.41, 5.74) is 1.61. The fourth-order valence-electron chi connectivity index (χ4n) is 2.76. The summed E-state index contributed by atoms with van der Waals surface area (Å²) in [6.07, 6.45) is 3.27. The summed E-state index contributed by atoms with van der Waals surface area (Å²) in [6, 6.07) is 4.06. The molecular formula is C17H24N6O. The molecule has 0 saturated carbocycles. The van der Waals surface area contributed by atoms with Crippen LogP contribution < -0.4 is 4.90 Å². The number of carbonyl (C=O) groups excluding carboxylic acids is 1. The summed E-state index contributed by atoms with van der Waals surface area (Å²) < 4.78 is 1.76. The normalized spacial score (nSPS) is 15.7. The van der Waals surface area contributed by atoms with E-state index in [1.807, 2.05) is 24.1 Å². The summed E-state index contributed by atoms with van der Waals surface area (Å²) in [4.78, 5) is 20.6. The van der Waals surface area contributed by atoms with E-state index in [4.69, 9.17) is 0 Å². The predicted molar refractivity (Wildman–Crippen MR) is 92.1 cm³/mol. The number of hydrogen-bond acceptors (Lipinski definition) is 5. The van der Waals surface area contributed by atoms with Crippen molar-refractivity contribution in [1.29, 1.82) is 0 Å². The third-order valence-corrected chi connectivity index (χ3v) is 4.35. The van der Waals surface area contributed by atoms with Gasteiger partial charge in [0.2, 0.25) is 0 Å². The minimum atomic E-state index is -0.000249. The number of nitrogens with zero attached hydrogens (tertiary/aromatic N) is 6. The van der Waals surface area contributed by atoms with Crippen molar-refractivity contribution in [3.63, 3.8) is 0 Å².